The predicted octanol–water partition coefficient (Wildman–Crippen LogP) is 3.84. The second-order valence-electron chi connectivity index (χ2n) is 4.91. The molecule has 2 aromatic rings. The second kappa shape index (κ2) is 8.15. The van der Waals surface area contributed by atoms with Crippen molar-refractivity contribution in [1.29, 1.82) is 0 Å². The molecule has 0 atom stereocenters. The number of carbonyl (C=O) groups excluding carboxylic acids is 2. The van der Waals surface area contributed by atoms with Crippen LogP contribution in [0.5, 0.6) is 0 Å². The molecule has 118 valence electrons. The Bertz CT molecular complexity index is 706. The molecule has 0 fully saturated rings. The third-order valence-corrected chi connectivity index (χ3v) is 3.21. The summed E-state index contributed by atoms with van der Waals surface area (Å²) in [4.78, 5) is 23.2. The molecule has 2 rings (SSSR count). The Hall–Kier alpha value is -2.59. The number of aryl methyl sites for hydroxylation is 1. The molecular weight excluding hydrogens is 314 g/mol. The van der Waals surface area contributed by atoms with Crippen LogP contribution in [0.15, 0.2) is 54.6 Å². The van der Waals surface area contributed by atoms with Crippen LogP contribution in [0.4, 0.5) is 5.69 Å². The fraction of sp³-hybridized carbons (Fsp3) is 0.111. The van der Waals surface area contributed by atoms with Crippen molar-refractivity contribution in [2.24, 2.45) is 0 Å². The average molecular weight is 330 g/mol. The van der Waals surface area contributed by atoms with Gasteiger partial charge in [-0.05, 0) is 42.8 Å². The molecule has 0 unspecified atom stereocenters. The van der Waals surface area contributed by atoms with Gasteiger partial charge < -0.3 is 10.1 Å². The molecule has 2 aromatic carbocycles. The van der Waals surface area contributed by atoms with E-state index in [0.29, 0.717) is 10.7 Å². The van der Waals surface area contributed by atoms with Gasteiger partial charge in [0.1, 0.15) is 0 Å². The molecule has 0 saturated carbocycles. The van der Waals surface area contributed by atoms with Gasteiger partial charge in [-0.15, -0.1) is 0 Å². The highest BCUT2D eigenvalue weighted by molar-refractivity contribution is 6.30. The monoisotopic (exact) mass is 329 g/mol. The molecule has 0 aliphatic rings. The molecule has 4 nitrogen and oxygen atoms in total. The van der Waals surface area contributed by atoms with E-state index in [1.165, 1.54) is 6.08 Å². The van der Waals surface area contributed by atoms with Crippen molar-refractivity contribution >= 4 is 35.2 Å². The number of rotatable bonds is 5. The lowest BCUT2D eigenvalue weighted by atomic mass is 10.1. The van der Waals surface area contributed by atoms with Crippen LogP contribution in [0.3, 0.4) is 0 Å². The Morgan fingerprint density at radius 3 is 2.39 bits per heavy atom. The number of amides is 1. The largest absolute Gasteiger partial charge is 0.452 e. The third-order valence-electron chi connectivity index (χ3n) is 2.96. The zero-order valence-electron chi connectivity index (χ0n) is 12.6. The number of benzene rings is 2. The lowest BCUT2D eigenvalue weighted by Gasteiger charge is -2.05. The molecule has 0 saturated heterocycles. The summed E-state index contributed by atoms with van der Waals surface area (Å²) in [5, 5.41) is 3.18. The number of carbonyl (C=O) groups is 2. The Balaban J connectivity index is 1.78. The van der Waals surface area contributed by atoms with Gasteiger partial charge in [-0.25, -0.2) is 4.79 Å². The minimum absolute atomic E-state index is 0.348. The van der Waals surface area contributed by atoms with Crippen molar-refractivity contribution in [3.63, 3.8) is 0 Å². The first-order chi connectivity index (χ1) is 11.0. The maximum Gasteiger partial charge on any atom is 0.331 e. The number of esters is 1. The van der Waals surface area contributed by atoms with Crippen molar-refractivity contribution < 1.29 is 14.3 Å². The van der Waals surface area contributed by atoms with E-state index in [1.54, 1.807) is 30.3 Å². The number of nitrogens with one attached hydrogen (secondary N) is 1. The van der Waals surface area contributed by atoms with E-state index in [2.05, 4.69) is 5.32 Å². The summed E-state index contributed by atoms with van der Waals surface area (Å²) in [5.41, 5.74) is 2.62. The van der Waals surface area contributed by atoms with Crippen molar-refractivity contribution in [3.05, 3.63) is 70.8 Å². The van der Waals surface area contributed by atoms with Gasteiger partial charge in [0.05, 0.1) is 0 Å². The summed E-state index contributed by atoms with van der Waals surface area (Å²) >= 11 is 5.76. The SMILES string of the molecule is Cc1ccc(/C=C/C(=O)OCC(=O)Nc2ccc(Cl)cc2)cc1. The standard InChI is InChI=1S/C18H16ClNO3/c1-13-2-4-14(5-3-13)6-11-18(22)23-12-17(21)20-16-9-7-15(19)8-10-16/h2-11H,12H2,1H3,(H,20,21)/b11-6+. The summed E-state index contributed by atoms with van der Waals surface area (Å²) in [6, 6.07) is 14.3. The minimum Gasteiger partial charge on any atom is -0.452 e. The Morgan fingerprint density at radius 1 is 1.09 bits per heavy atom. The van der Waals surface area contributed by atoms with Crippen LogP contribution < -0.4 is 5.32 Å². The van der Waals surface area contributed by atoms with E-state index in [1.807, 2.05) is 31.2 Å². The van der Waals surface area contributed by atoms with Crippen LogP contribution in [0.25, 0.3) is 6.08 Å². The summed E-state index contributed by atoms with van der Waals surface area (Å²) in [6.45, 7) is 1.64. The van der Waals surface area contributed by atoms with Crippen LogP contribution in [0.1, 0.15) is 11.1 Å². The Morgan fingerprint density at radius 2 is 1.74 bits per heavy atom. The van der Waals surface area contributed by atoms with Crippen LogP contribution in [0, 0.1) is 6.92 Å². The van der Waals surface area contributed by atoms with Gasteiger partial charge in [-0.2, -0.15) is 0 Å². The zero-order chi connectivity index (χ0) is 16.7. The highest BCUT2D eigenvalue weighted by Crippen LogP contribution is 2.13. The quantitative estimate of drug-likeness (QED) is 0.669. The van der Waals surface area contributed by atoms with Gasteiger partial charge in [0, 0.05) is 16.8 Å². The summed E-state index contributed by atoms with van der Waals surface area (Å²) in [7, 11) is 0. The molecule has 0 aliphatic carbocycles. The lowest BCUT2D eigenvalue weighted by Crippen LogP contribution is -2.20. The van der Waals surface area contributed by atoms with Crippen LogP contribution in [-0.2, 0) is 14.3 Å². The first-order valence-electron chi connectivity index (χ1n) is 7.00. The van der Waals surface area contributed by atoms with E-state index < -0.39 is 11.9 Å². The molecule has 0 aromatic heterocycles. The minimum atomic E-state index is -0.572. The number of anilines is 1. The van der Waals surface area contributed by atoms with Crippen molar-refractivity contribution in [2.45, 2.75) is 6.92 Å². The van der Waals surface area contributed by atoms with Crippen molar-refractivity contribution in [2.75, 3.05) is 11.9 Å². The molecule has 1 amide bonds. The van der Waals surface area contributed by atoms with Crippen molar-refractivity contribution in [3.8, 4) is 0 Å². The Labute approximate surface area is 139 Å². The zero-order valence-corrected chi connectivity index (χ0v) is 13.3. The van der Waals surface area contributed by atoms with E-state index in [-0.39, 0.29) is 6.61 Å². The molecule has 0 aliphatic heterocycles. The summed E-state index contributed by atoms with van der Waals surface area (Å²) in [6.07, 6.45) is 2.93. The molecule has 0 spiro atoms. The number of ether oxygens (including phenoxy) is 1. The smallest absolute Gasteiger partial charge is 0.331 e. The van der Waals surface area contributed by atoms with E-state index in [4.69, 9.17) is 16.3 Å². The number of halogens is 1. The topological polar surface area (TPSA) is 55.4 Å². The first kappa shape index (κ1) is 16.8. The fourth-order valence-electron chi connectivity index (χ4n) is 1.76. The molecule has 0 bridgehead atoms. The lowest BCUT2D eigenvalue weighted by molar-refractivity contribution is -0.142. The van der Waals surface area contributed by atoms with E-state index >= 15 is 0 Å². The van der Waals surface area contributed by atoms with Gasteiger partial charge in [0.25, 0.3) is 5.91 Å². The average Bonchev–Trinajstić information content (AvgIpc) is 2.54. The van der Waals surface area contributed by atoms with E-state index in [9.17, 15) is 9.59 Å². The van der Waals surface area contributed by atoms with Gasteiger partial charge >= 0.3 is 5.97 Å². The molecular formula is C18H16ClNO3. The maximum absolute atomic E-state index is 11.7. The molecule has 0 radical (unpaired) electrons. The van der Waals surface area contributed by atoms with Crippen LogP contribution in [0.2, 0.25) is 5.02 Å². The van der Waals surface area contributed by atoms with Gasteiger partial charge in [-0.3, -0.25) is 4.79 Å². The normalized spacial score (nSPS) is 10.5. The van der Waals surface area contributed by atoms with Crippen LogP contribution in [-0.4, -0.2) is 18.5 Å². The highest BCUT2D eigenvalue weighted by atomic mass is 35.5. The van der Waals surface area contributed by atoms with E-state index in [0.717, 1.165) is 11.1 Å². The third kappa shape index (κ3) is 5.96. The van der Waals surface area contributed by atoms with Crippen LogP contribution >= 0.6 is 11.6 Å². The summed E-state index contributed by atoms with van der Waals surface area (Å²) in [5.74, 6) is -0.985. The van der Waals surface area contributed by atoms with Gasteiger partial charge in [0.2, 0.25) is 0 Å². The number of hydrogen-bond donors (Lipinski definition) is 1. The van der Waals surface area contributed by atoms with Crippen molar-refractivity contribution in [1.82, 2.24) is 0 Å². The molecule has 0 heterocycles. The molecule has 1 N–H and O–H groups in total. The van der Waals surface area contributed by atoms with Gasteiger partial charge in [0.15, 0.2) is 6.61 Å². The Kier molecular flexibility index (Phi) is 5.94. The number of hydrogen-bond acceptors (Lipinski definition) is 3. The predicted molar refractivity (Wildman–Crippen MR) is 91.3 cm³/mol. The first-order valence-corrected chi connectivity index (χ1v) is 7.37. The molecule has 5 heteroatoms. The molecule has 23 heavy (non-hydrogen) atoms. The highest BCUT2D eigenvalue weighted by Gasteiger charge is 2.05. The fourth-order valence-corrected chi connectivity index (χ4v) is 1.88. The second-order valence-corrected chi connectivity index (χ2v) is 5.34. The maximum atomic E-state index is 11.7. The van der Waals surface area contributed by atoms with Gasteiger partial charge in [-0.1, -0.05) is 41.4 Å². The summed E-state index contributed by atoms with van der Waals surface area (Å²) < 4.78 is 4.88.